The number of ether oxygens (including phenoxy) is 1. The zero-order valence-corrected chi connectivity index (χ0v) is 18.1. The van der Waals surface area contributed by atoms with Crippen LogP contribution in [-0.2, 0) is 40.7 Å². The number of fused-ring (bicyclic) bond motifs is 1. The van der Waals surface area contributed by atoms with Gasteiger partial charge in [-0.3, -0.25) is 4.79 Å². The van der Waals surface area contributed by atoms with Gasteiger partial charge in [-0.15, -0.1) is 0 Å². The Balaban J connectivity index is 1.55. The van der Waals surface area contributed by atoms with E-state index in [0.29, 0.717) is 18.7 Å². The summed E-state index contributed by atoms with van der Waals surface area (Å²) in [5.41, 5.74) is 4.11. The predicted molar refractivity (Wildman–Crippen MR) is 115 cm³/mol. The van der Waals surface area contributed by atoms with Gasteiger partial charge in [-0.25, -0.2) is 13.1 Å². The van der Waals surface area contributed by atoms with Gasteiger partial charge >= 0.3 is 0 Å². The van der Waals surface area contributed by atoms with Gasteiger partial charge < -0.3 is 9.64 Å². The van der Waals surface area contributed by atoms with Crippen molar-refractivity contribution in [1.29, 1.82) is 0 Å². The minimum Gasteiger partial charge on any atom is -0.495 e. The van der Waals surface area contributed by atoms with E-state index in [4.69, 9.17) is 4.74 Å². The molecule has 1 fully saturated rings. The summed E-state index contributed by atoms with van der Waals surface area (Å²) in [7, 11) is -2.24. The van der Waals surface area contributed by atoms with Crippen molar-refractivity contribution < 1.29 is 17.9 Å². The lowest BCUT2D eigenvalue weighted by atomic mass is 9.92. The predicted octanol–water partition coefficient (Wildman–Crippen LogP) is 3.17. The topological polar surface area (TPSA) is 75.7 Å². The first-order valence-electron chi connectivity index (χ1n) is 10.5. The molecule has 2 aromatic rings. The minimum absolute atomic E-state index is 0.157. The highest BCUT2D eigenvalue weighted by Crippen LogP contribution is 2.32. The Morgan fingerprint density at radius 1 is 1.00 bits per heavy atom. The molecule has 160 valence electrons. The molecular formula is C23H28N2O4S. The van der Waals surface area contributed by atoms with Crippen molar-refractivity contribution >= 4 is 15.9 Å². The van der Waals surface area contributed by atoms with E-state index in [1.54, 1.807) is 6.07 Å². The van der Waals surface area contributed by atoms with Gasteiger partial charge in [0.2, 0.25) is 15.9 Å². The van der Waals surface area contributed by atoms with Crippen molar-refractivity contribution in [2.75, 3.05) is 13.7 Å². The quantitative estimate of drug-likeness (QED) is 0.735. The molecule has 0 aromatic heterocycles. The third-order valence-electron chi connectivity index (χ3n) is 6.02. The normalized spacial score (nSPS) is 16.6. The van der Waals surface area contributed by atoms with E-state index < -0.39 is 10.0 Å². The summed E-state index contributed by atoms with van der Waals surface area (Å²) in [6, 6.07) is 11.3. The van der Waals surface area contributed by atoms with Crippen LogP contribution in [0.1, 0.15) is 47.9 Å². The van der Waals surface area contributed by atoms with Crippen LogP contribution in [-0.4, -0.2) is 32.9 Å². The van der Waals surface area contributed by atoms with Gasteiger partial charge in [0.1, 0.15) is 10.6 Å². The standard InChI is InChI=1S/C23H28N2O4S/c1-29-21-13-17-7-2-3-8-18(17)14-22(21)30(27,28)24-15-19-9-4-5-10-20(19)16-25-12-6-11-23(25)26/h4-5,9-10,13-14,24H,2-3,6-8,11-12,15-16H2,1H3. The number of hydrogen-bond acceptors (Lipinski definition) is 4. The Bertz CT molecular complexity index is 1050. The van der Waals surface area contributed by atoms with Crippen LogP contribution in [0.4, 0.5) is 0 Å². The summed E-state index contributed by atoms with van der Waals surface area (Å²) >= 11 is 0. The first-order valence-corrected chi connectivity index (χ1v) is 12.0. The van der Waals surface area contributed by atoms with Gasteiger partial charge in [0.15, 0.2) is 0 Å². The zero-order chi connectivity index (χ0) is 21.1. The van der Waals surface area contributed by atoms with Crippen molar-refractivity contribution in [3.8, 4) is 5.75 Å². The maximum atomic E-state index is 13.1. The molecule has 7 heteroatoms. The maximum Gasteiger partial charge on any atom is 0.244 e. The highest BCUT2D eigenvalue weighted by Gasteiger charge is 2.24. The van der Waals surface area contributed by atoms with Crippen LogP contribution in [0.2, 0.25) is 0 Å². The lowest BCUT2D eigenvalue weighted by Crippen LogP contribution is -2.27. The number of carbonyl (C=O) groups excluding carboxylic acids is 1. The van der Waals surface area contributed by atoms with Crippen LogP contribution in [0, 0.1) is 0 Å². The summed E-state index contributed by atoms with van der Waals surface area (Å²) in [4.78, 5) is 14.0. The van der Waals surface area contributed by atoms with Gasteiger partial charge in [-0.2, -0.15) is 0 Å². The number of aryl methyl sites for hydroxylation is 2. The van der Waals surface area contributed by atoms with E-state index >= 15 is 0 Å². The summed E-state index contributed by atoms with van der Waals surface area (Å²) in [5, 5.41) is 0. The molecule has 1 heterocycles. The lowest BCUT2D eigenvalue weighted by Gasteiger charge is -2.20. The van der Waals surface area contributed by atoms with Crippen molar-refractivity contribution in [2.45, 2.75) is 56.5 Å². The van der Waals surface area contributed by atoms with Crippen molar-refractivity contribution in [3.63, 3.8) is 0 Å². The van der Waals surface area contributed by atoms with E-state index in [0.717, 1.165) is 55.3 Å². The zero-order valence-electron chi connectivity index (χ0n) is 17.3. The summed E-state index contributed by atoms with van der Waals surface area (Å²) in [6.45, 7) is 1.44. The Hall–Kier alpha value is -2.38. The highest BCUT2D eigenvalue weighted by atomic mass is 32.2. The van der Waals surface area contributed by atoms with Crippen molar-refractivity contribution in [3.05, 3.63) is 58.7 Å². The fraction of sp³-hybridized carbons (Fsp3) is 0.435. The minimum atomic E-state index is -3.75. The first-order chi connectivity index (χ1) is 14.5. The first kappa shape index (κ1) is 20.9. The van der Waals surface area contributed by atoms with Gasteiger partial charge in [0.25, 0.3) is 0 Å². The molecule has 1 aliphatic carbocycles. The molecule has 30 heavy (non-hydrogen) atoms. The van der Waals surface area contributed by atoms with Gasteiger partial charge in [-0.1, -0.05) is 24.3 Å². The fourth-order valence-corrected chi connectivity index (χ4v) is 5.53. The van der Waals surface area contributed by atoms with Crippen LogP contribution >= 0.6 is 0 Å². The third kappa shape index (κ3) is 4.37. The largest absolute Gasteiger partial charge is 0.495 e. The van der Waals surface area contributed by atoms with E-state index in [9.17, 15) is 13.2 Å². The van der Waals surface area contributed by atoms with Crippen LogP contribution in [0.3, 0.4) is 0 Å². The van der Waals surface area contributed by atoms with Crippen LogP contribution in [0.5, 0.6) is 5.75 Å². The molecule has 1 amide bonds. The molecule has 1 saturated heterocycles. The molecule has 1 aliphatic heterocycles. The number of nitrogens with one attached hydrogen (secondary N) is 1. The second kappa shape index (κ2) is 8.78. The number of hydrogen-bond donors (Lipinski definition) is 1. The number of nitrogens with zero attached hydrogens (tertiary/aromatic N) is 1. The summed E-state index contributed by atoms with van der Waals surface area (Å²) in [6.07, 6.45) is 5.53. The number of carbonyl (C=O) groups is 1. The number of rotatable bonds is 7. The molecule has 0 unspecified atom stereocenters. The fourth-order valence-electron chi connectivity index (χ4n) is 4.32. The number of likely N-dealkylation sites (tertiary alicyclic amines) is 1. The molecule has 0 bridgehead atoms. The third-order valence-corrected chi connectivity index (χ3v) is 7.44. The molecule has 6 nitrogen and oxygen atoms in total. The molecule has 0 saturated carbocycles. The van der Waals surface area contributed by atoms with E-state index in [1.165, 1.54) is 12.7 Å². The molecular weight excluding hydrogens is 400 g/mol. The Labute approximate surface area is 178 Å². The highest BCUT2D eigenvalue weighted by molar-refractivity contribution is 7.89. The van der Waals surface area contributed by atoms with Crippen molar-refractivity contribution in [2.24, 2.45) is 0 Å². The molecule has 4 rings (SSSR count). The summed E-state index contributed by atoms with van der Waals surface area (Å²) in [5.74, 6) is 0.545. The molecule has 0 radical (unpaired) electrons. The number of benzene rings is 2. The lowest BCUT2D eigenvalue weighted by molar-refractivity contribution is -0.128. The van der Waals surface area contributed by atoms with Crippen molar-refractivity contribution in [1.82, 2.24) is 9.62 Å². The van der Waals surface area contributed by atoms with E-state index in [-0.39, 0.29) is 17.3 Å². The second-order valence-corrected chi connectivity index (χ2v) is 9.73. The monoisotopic (exact) mass is 428 g/mol. The molecule has 2 aromatic carbocycles. The maximum absolute atomic E-state index is 13.1. The average Bonchev–Trinajstić information content (AvgIpc) is 3.16. The van der Waals surface area contributed by atoms with Crippen LogP contribution in [0.25, 0.3) is 0 Å². The second-order valence-electron chi connectivity index (χ2n) is 7.99. The van der Waals surface area contributed by atoms with Gasteiger partial charge in [0, 0.05) is 26.1 Å². The summed E-state index contributed by atoms with van der Waals surface area (Å²) < 4.78 is 34.4. The van der Waals surface area contributed by atoms with Gasteiger partial charge in [-0.05, 0) is 66.5 Å². The number of sulfonamides is 1. The van der Waals surface area contributed by atoms with E-state index in [1.807, 2.05) is 35.2 Å². The average molecular weight is 429 g/mol. The van der Waals surface area contributed by atoms with Gasteiger partial charge in [0.05, 0.1) is 7.11 Å². The Morgan fingerprint density at radius 2 is 1.70 bits per heavy atom. The Kier molecular flexibility index (Phi) is 6.11. The smallest absolute Gasteiger partial charge is 0.244 e. The number of methoxy groups -OCH3 is 1. The molecule has 0 atom stereocenters. The van der Waals surface area contributed by atoms with Crippen LogP contribution < -0.4 is 9.46 Å². The molecule has 0 spiro atoms. The SMILES string of the molecule is COc1cc2c(cc1S(=O)(=O)NCc1ccccc1CN1CCCC1=O)CCCC2. The Morgan fingerprint density at radius 3 is 2.37 bits per heavy atom. The van der Waals surface area contributed by atoms with E-state index in [2.05, 4.69) is 4.72 Å². The number of amides is 1. The van der Waals surface area contributed by atoms with Crippen LogP contribution in [0.15, 0.2) is 41.3 Å². The molecule has 2 aliphatic rings. The molecule has 1 N–H and O–H groups in total.